The van der Waals surface area contributed by atoms with E-state index >= 15 is 0 Å². The van der Waals surface area contributed by atoms with Gasteiger partial charge in [-0.2, -0.15) is 0 Å². The van der Waals surface area contributed by atoms with Gasteiger partial charge in [0.15, 0.2) is 0 Å². The van der Waals surface area contributed by atoms with Crippen molar-refractivity contribution in [2.45, 2.75) is 31.7 Å². The monoisotopic (exact) mass is 387 g/mol. The van der Waals surface area contributed by atoms with E-state index in [1.807, 2.05) is 37.3 Å². The molecule has 1 aliphatic heterocycles. The zero-order chi connectivity index (χ0) is 19.3. The van der Waals surface area contributed by atoms with E-state index in [0.717, 1.165) is 43.9 Å². The Bertz CT molecular complexity index is 842. The van der Waals surface area contributed by atoms with Gasteiger partial charge in [0.2, 0.25) is 0 Å². The van der Waals surface area contributed by atoms with Gasteiger partial charge in [-0.3, -0.25) is 9.62 Å². The summed E-state index contributed by atoms with van der Waals surface area (Å²) in [6.45, 7) is 10.6. The highest BCUT2D eigenvalue weighted by molar-refractivity contribution is 7.92. The molecule has 5 nitrogen and oxygen atoms in total. The number of hydrogen-bond donors (Lipinski definition) is 1. The Morgan fingerprint density at radius 1 is 0.963 bits per heavy atom. The molecule has 1 saturated heterocycles. The Hall–Kier alpha value is -1.89. The number of anilines is 1. The molecule has 0 aliphatic carbocycles. The van der Waals surface area contributed by atoms with Crippen LogP contribution in [0.4, 0.5) is 5.69 Å². The number of aryl methyl sites for hydroxylation is 1. The van der Waals surface area contributed by atoms with Crippen LogP contribution in [0.15, 0.2) is 53.4 Å². The summed E-state index contributed by atoms with van der Waals surface area (Å²) in [7, 11) is -3.56. The SMILES string of the molecule is CCCN1CCN(Cc2ccc(S(=O)(=O)Nc3cccc(C)c3)cc2)CC1. The summed E-state index contributed by atoms with van der Waals surface area (Å²) in [5.41, 5.74) is 2.75. The van der Waals surface area contributed by atoms with Gasteiger partial charge in [0, 0.05) is 38.4 Å². The fourth-order valence-electron chi connectivity index (χ4n) is 3.44. The maximum absolute atomic E-state index is 12.6. The molecule has 1 N–H and O–H groups in total. The molecule has 2 aromatic rings. The first-order chi connectivity index (χ1) is 13.0. The third-order valence-electron chi connectivity index (χ3n) is 4.91. The summed E-state index contributed by atoms with van der Waals surface area (Å²) in [6, 6.07) is 14.6. The van der Waals surface area contributed by atoms with Gasteiger partial charge >= 0.3 is 0 Å². The molecule has 0 spiro atoms. The Morgan fingerprint density at radius 2 is 1.63 bits per heavy atom. The van der Waals surface area contributed by atoms with E-state index in [9.17, 15) is 8.42 Å². The quantitative estimate of drug-likeness (QED) is 0.792. The molecule has 1 aliphatic rings. The molecular formula is C21H29N3O2S. The van der Waals surface area contributed by atoms with Crippen molar-refractivity contribution in [3.05, 3.63) is 59.7 Å². The minimum absolute atomic E-state index is 0.292. The number of sulfonamides is 1. The van der Waals surface area contributed by atoms with E-state index in [2.05, 4.69) is 21.4 Å². The summed E-state index contributed by atoms with van der Waals surface area (Å²) in [4.78, 5) is 5.23. The van der Waals surface area contributed by atoms with Gasteiger partial charge in [-0.15, -0.1) is 0 Å². The third kappa shape index (κ3) is 5.54. The van der Waals surface area contributed by atoms with Crippen LogP contribution < -0.4 is 4.72 Å². The Kier molecular flexibility index (Phi) is 6.52. The topological polar surface area (TPSA) is 52.7 Å². The lowest BCUT2D eigenvalue weighted by Gasteiger charge is -2.34. The molecule has 1 fully saturated rings. The number of benzene rings is 2. The summed E-state index contributed by atoms with van der Waals surface area (Å²) in [6.07, 6.45) is 1.20. The molecule has 0 unspecified atom stereocenters. The Morgan fingerprint density at radius 3 is 2.26 bits per heavy atom. The van der Waals surface area contributed by atoms with Crippen LogP contribution >= 0.6 is 0 Å². The molecule has 27 heavy (non-hydrogen) atoms. The van der Waals surface area contributed by atoms with E-state index in [1.165, 1.54) is 13.0 Å². The molecule has 2 aromatic carbocycles. The highest BCUT2D eigenvalue weighted by Crippen LogP contribution is 2.18. The number of rotatable bonds is 7. The average molecular weight is 388 g/mol. The molecule has 0 amide bonds. The van der Waals surface area contributed by atoms with Crippen molar-refractivity contribution in [1.29, 1.82) is 0 Å². The van der Waals surface area contributed by atoms with Crippen molar-refractivity contribution in [2.24, 2.45) is 0 Å². The van der Waals surface area contributed by atoms with Crippen LogP contribution in [0, 0.1) is 6.92 Å². The zero-order valence-corrected chi connectivity index (χ0v) is 17.0. The van der Waals surface area contributed by atoms with Crippen molar-refractivity contribution >= 4 is 15.7 Å². The smallest absolute Gasteiger partial charge is 0.261 e. The van der Waals surface area contributed by atoms with Gasteiger partial charge in [-0.1, -0.05) is 31.2 Å². The molecule has 6 heteroatoms. The lowest BCUT2D eigenvalue weighted by atomic mass is 10.2. The van der Waals surface area contributed by atoms with E-state index in [4.69, 9.17) is 0 Å². The number of hydrogen-bond acceptors (Lipinski definition) is 4. The van der Waals surface area contributed by atoms with Crippen LogP contribution in [0.3, 0.4) is 0 Å². The van der Waals surface area contributed by atoms with Crippen LogP contribution in [0.1, 0.15) is 24.5 Å². The van der Waals surface area contributed by atoms with E-state index in [0.29, 0.717) is 10.6 Å². The van der Waals surface area contributed by atoms with Gasteiger partial charge in [0.1, 0.15) is 0 Å². The number of nitrogens with zero attached hydrogens (tertiary/aromatic N) is 2. The first-order valence-corrected chi connectivity index (χ1v) is 11.1. The molecule has 0 aromatic heterocycles. The van der Waals surface area contributed by atoms with Gasteiger partial charge in [-0.25, -0.2) is 8.42 Å². The van der Waals surface area contributed by atoms with E-state index in [-0.39, 0.29) is 0 Å². The molecule has 0 saturated carbocycles. The fraction of sp³-hybridized carbons (Fsp3) is 0.429. The number of nitrogens with one attached hydrogen (secondary N) is 1. The Labute approximate surface area is 163 Å². The highest BCUT2D eigenvalue weighted by Gasteiger charge is 2.17. The van der Waals surface area contributed by atoms with Crippen molar-refractivity contribution in [3.8, 4) is 0 Å². The zero-order valence-electron chi connectivity index (χ0n) is 16.2. The van der Waals surface area contributed by atoms with Crippen LogP contribution in [0.5, 0.6) is 0 Å². The molecule has 0 atom stereocenters. The minimum atomic E-state index is -3.56. The van der Waals surface area contributed by atoms with Gasteiger partial charge in [0.05, 0.1) is 4.90 Å². The molecule has 0 radical (unpaired) electrons. The van der Waals surface area contributed by atoms with Crippen LogP contribution in [-0.4, -0.2) is 50.9 Å². The van der Waals surface area contributed by atoms with Crippen molar-refractivity contribution in [3.63, 3.8) is 0 Å². The fourth-order valence-corrected chi connectivity index (χ4v) is 4.49. The van der Waals surface area contributed by atoms with E-state index in [1.54, 1.807) is 18.2 Å². The van der Waals surface area contributed by atoms with Gasteiger partial charge in [0.25, 0.3) is 10.0 Å². The maximum atomic E-state index is 12.6. The minimum Gasteiger partial charge on any atom is -0.301 e. The number of piperazine rings is 1. The predicted octanol–water partition coefficient (Wildman–Crippen LogP) is 3.32. The summed E-state index contributed by atoms with van der Waals surface area (Å²) in [5, 5.41) is 0. The third-order valence-corrected chi connectivity index (χ3v) is 6.31. The summed E-state index contributed by atoms with van der Waals surface area (Å²) >= 11 is 0. The van der Waals surface area contributed by atoms with Gasteiger partial charge < -0.3 is 4.90 Å². The first-order valence-electron chi connectivity index (χ1n) is 9.59. The molecule has 1 heterocycles. The molecular weight excluding hydrogens is 358 g/mol. The average Bonchev–Trinajstić information content (AvgIpc) is 2.64. The predicted molar refractivity (Wildman–Crippen MR) is 110 cm³/mol. The van der Waals surface area contributed by atoms with Crippen LogP contribution in [-0.2, 0) is 16.6 Å². The maximum Gasteiger partial charge on any atom is 0.261 e. The van der Waals surface area contributed by atoms with Gasteiger partial charge in [-0.05, 0) is 55.3 Å². The summed E-state index contributed by atoms with van der Waals surface area (Å²) < 4.78 is 27.8. The van der Waals surface area contributed by atoms with Crippen molar-refractivity contribution in [2.75, 3.05) is 37.4 Å². The Balaban J connectivity index is 1.60. The lowest BCUT2D eigenvalue weighted by molar-refractivity contribution is 0.127. The summed E-state index contributed by atoms with van der Waals surface area (Å²) in [5.74, 6) is 0. The van der Waals surface area contributed by atoms with Crippen molar-refractivity contribution in [1.82, 2.24) is 9.80 Å². The van der Waals surface area contributed by atoms with Crippen LogP contribution in [0.2, 0.25) is 0 Å². The molecule has 146 valence electrons. The second kappa shape index (κ2) is 8.87. The normalized spacial score (nSPS) is 16.4. The van der Waals surface area contributed by atoms with Crippen LogP contribution in [0.25, 0.3) is 0 Å². The second-order valence-corrected chi connectivity index (χ2v) is 8.92. The highest BCUT2D eigenvalue weighted by atomic mass is 32.2. The van der Waals surface area contributed by atoms with Crippen molar-refractivity contribution < 1.29 is 8.42 Å². The molecule has 3 rings (SSSR count). The standard InChI is InChI=1S/C21H29N3O2S/c1-3-11-23-12-14-24(15-13-23)17-19-7-9-21(10-8-19)27(25,26)22-20-6-4-5-18(2)16-20/h4-10,16,22H,3,11-15,17H2,1-2H3. The largest absolute Gasteiger partial charge is 0.301 e. The second-order valence-electron chi connectivity index (χ2n) is 7.24. The first kappa shape index (κ1) is 19.9. The molecule has 0 bridgehead atoms. The lowest BCUT2D eigenvalue weighted by Crippen LogP contribution is -2.45. The van der Waals surface area contributed by atoms with E-state index < -0.39 is 10.0 Å².